The summed E-state index contributed by atoms with van der Waals surface area (Å²) < 4.78 is 5.32. The topological polar surface area (TPSA) is 70.8 Å². The van der Waals surface area contributed by atoms with Crippen LogP contribution in [0.4, 0.5) is 0 Å². The lowest BCUT2D eigenvalue weighted by Crippen LogP contribution is -2.22. The summed E-state index contributed by atoms with van der Waals surface area (Å²) in [6, 6.07) is 9.48. The van der Waals surface area contributed by atoms with Crippen LogP contribution in [0.1, 0.15) is 11.1 Å². The van der Waals surface area contributed by atoms with Crippen LogP contribution in [0.3, 0.4) is 0 Å². The Morgan fingerprint density at radius 1 is 1.15 bits per heavy atom. The standard InChI is InChI=1S/C15H12N4O/c16-9-11-6-12(14-10-20-5-4-17-14)8-13(7-11)15-18-2-1-3-19-15/h1-3,6-8,10,17H,4-5H2. The Morgan fingerprint density at radius 2 is 1.95 bits per heavy atom. The van der Waals surface area contributed by atoms with Gasteiger partial charge >= 0.3 is 0 Å². The predicted octanol–water partition coefficient (Wildman–Crippen LogP) is 1.93. The van der Waals surface area contributed by atoms with Crippen molar-refractivity contribution in [3.63, 3.8) is 0 Å². The maximum Gasteiger partial charge on any atom is 0.159 e. The van der Waals surface area contributed by atoms with Crippen molar-refractivity contribution in [1.82, 2.24) is 15.3 Å². The fourth-order valence-electron chi connectivity index (χ4n) is 2.02. The summed E-state index contributed by atoms with van der Waals surface area (Å²) in [4.78, 5) is 8.44. The molecule has 1 N–H and O–H groups in total. The molecular weight excluding hydrogens is 252 g/mol. The van der Waals surface area contributed by atoms with Gasteiger partial charge in [0.15, 0.2) is 5.82 Å². The van der Waals surface area contributed by atoms with Gasteiger partial charge in [0.25, 0.3) is 0 Å². The molecule has 5 nitrogen and oxygen atoms in total. The zero-order chi connectivity index (χ0) is 13.8. The molecule has 0 amide bonds. The Balaban J connectivity index is 2.08. The van der Waals surface area contributed by atoms with Crippen molar-refractivity contribution in [3.8, 4) is 17.5 Å². The van der Waals surface area contributed by atoms with Gasteiger partial charge in [-0.3, -0.25) is 0 Å². The number of aromatic nitrogens is 2. The molecule has 0 spiro atoms. The van der Waals surface area contributed by atoms with Crippen LogP contribution in [-0.4, -0.2) is 23.1 Å². The first-order valence-corrected chi connectivity index (χ1v) is 6.25. The minimum atomic E-state index is 0.568. The summed E-state index contributed by atoms with van der Waals surface area (Å²) in [7, 11) is 0. The molecule has 0 saturated heterocycles. The molecule has 98 valence electrons. The molecule has 0 bridgehead atoms. The van der Waals surface area contributed by atoms with E-state index in [-0.39, 0.29) is 0 Å². The molecule has 2 heterocycles. The second-order valence-corrected chi connectivity index (χ2v) is 4.31. The number of ether oxygens (including phenoxy) is 1. The van der Waals surface area contributed by atoms with Crippen molar-refractivity contribution < 1.29 is 4.74 Å². The number of nitrogens with one attached hydrogen (secondary N) is 1. The molecule has 2 aromatic rings. The van der Waals surface area contributed by atoms with E-state index in [9.17, 15) is 0 Å². The normalized spacial score (nSPS) is 13.7. The summed E-state index contributed by atoms with van der Waals surface area (Å²) in [5, 5.41) is 12.4. The molecule has 0 aliphatic carbocycles. The minimum absolute atomic E-state index is 0.568. The van der Waals surface area contributed by atoms with E-state index >= 15 is 0 Å². The summed E-state index contributed by atoms with van der Waals surface area (Å²) >= 11 is 0. The van der Waals surface area contributed by atoms with Crippen LogP contribution in [0.25, 0.3) is 17.1 Å². The monoisotopic (exact) mass is 264 g/mol. The summed E-state index contributed by atoms with van der Waals surface area (Å²) in [5.74, 6) is 0.600. The molecule has 1 aliphatic rings. The molecule has 1 aliphatic heterocycles. The van der Waals surface area contributed by atoms with E-state index in [1.807, 2.05) is 12.1 Å². The number of nitrogens with zero attached hydrogens (tertiary/aromatic N) is 3. The quantitative estimate of drug-likeness (QED) is 0.897. The van der Waals surface area contributed by atoms with E-state index in [2.05, 4.69) is 21.4 Å². The van der Waals surface area contributed by atoms with Gasteiger partial charge in [0.1, 0.15) is 12.9 Å². The second-order valence-electron chi connectivity index (χ2n) is 4.31. The maximum atomic E-state index is 9.17. The second kappa shape index (κ2) is 5.41. The van der Waals surface area contributed by atoms with E-state index in [1.165, 1.54) is 0 Å². The number of nitriles is 1. The van der Waals surface area contributed by atoms with Crippen LogP contribution in [0.5, 0.6) is 0 Å². The van der Waals surface area contributed by atoms with Crippen molar-refractivity contribution in [2.45, 2.75) is 0 Å². The van der Waals surface area contributed by atoms with Crippen LogP contribution in [0.2, 0.25) is 0 Å². The highest BCUT2D eigenvalue weighted by atomic mass is 16.5. The summed E-state index contributed by atoms with van der Waals surface area (Å²) in [6.07, 6.45) is 5.04. The van der Waals surface area contributed by atoms with Crippen LogP contribution in [0.15, 0.2) is 42.9 Å². The Labute approximate surface area is 116 Å². The lowest BCUT2D eigenvalue weighted by Gasteiger charge is -2.17. The zero-order valence-electron chi connectivity index (χ0n) is 10.7. The predicted molar refractivity (Wildman–Crippen MR) is 74.1 cm³/mol. The Morgan fingerprint density at radius 3 is 2.65 bits per heavy atom. The molecule has 0 fully saturated rings. The smallest absolute Gasteiger partial charge is 0.159 e. The Kier molecular flexibility index (Phi) is 3.29. The third-order valence-electron chi connectivity index (χ3n) is 2.93. The molecule has 3 rings (SSSR count). The largest absolute Gasteiger partial charge is 0.497 e. The van der Waals surface area contributed by atoms with Gasteiger partial charge in [-0.05, 0) is 24.3 Å². The third kappa shape index (κ3) is 2.45. The lowest BCUT2D eigenvalue weighted by atomic mass is 10.0. The maximum absolute atomic E-state index is 9.17. The first-order valence-electron chi connectivity index (χ1n) is 6.25. The van der Waals surface area contributed by atoms with Crippen LogP contribution >= 0.6 is 0 Å². The molecule has 1 aromatic heterocycles. The highest BCUT2D eigenvalue weighted by Gasteiger charge is 2.10. The first kappa shape index (κ1) is 12.2. The molecular formula is C15H12N4O. The lowest BCUT2D eigenvalue weighted by molar-refractivity contribution is 0.241. The van der Waals surface area contributed by atoms with Gasteiger partial charge in [-0.15, -0.1) is 0 Å². The average Bonchev–Trinajstić information content (AvgIpc) is 2.56. The molecule has 0 unspecified atom stereocenters. The van der Waals surface area contributed by atoms with Crippen molar-refractivity contribution in [2.24, 2.45) is 0 Å². The fraction of sp³-hybridized carbons (Fsp3) is 0.133. The Hall–Kier alpha value is -2.87. The van der Waals surface area contributed by atoms with Crippen LogP contribution in [-0.2, 0) is 4.74 Å². The molecule has 0 atom stereocenters. The molecule has 20 heavy (non-hydrogen) atoms. The van der Waals surface area contributed by atoms with Crippen molar-refractivity contribution in [3.05, 3.63) is 54.0 Å². The van der Waals surface area contributed by atoms with Gasteiger partial charge in [-0.1, -0.05) is 0 Å². The third-order valence-corrected chi connectivity index (χ3v) is 2.93. The average molecular weight is 264 g/mol. The van der Waals surface area contributed by atoms with Crippen molar-refractivity contribution in [1.29, 1.82) is 5.26 Å². The number of hydrogen-bond acceptors (Lipinski definition) is 5. The van der Waals surface area contributed by atoms with Gasteiger partial charge in [-0.25, -0.2) is 9.97 Å². The van der Waals surface area contributed by atoms with Crippen molar-refractivity contribution >= 4 is 5.70 Å². The zero-order valence-corrected chi connectivity index (χ0v) is 10.7. The minimum Gasteiger partial charge on any atom is -0.497 e. The highest BCUT2D eigenvalue weighted by Crippen LogP contribution is 2.23. The van der Waals surface area contributed by atoms with E-state index < -0.39 is 0 Å². The summed E-state index contributed by atoms with van der Waals surface area (Å²) in [5.41, 5.74) is 3.14. The summed E-state index contributed by atoms with van der Waals surface area (Å²) in [6.45, 7) is 1.40. The molecule has 1 aromatic carbocycles. The highest BCUT2D eigenvalue weighted by molar-refractivity contribution is 5.71. The molecule has 0 radical (unpaired) electrons. The van der Waals surface area contributed by atoms with Gasteiger partial charge in [-0.2, -0.15) is 5.26 Å². The molecule has 5 heteroatoms. The number of benzene rings is 1. The number of rotatable bonds is 2. The van der Waals surface area contributed by atoms with E-state index in [0.29, 0.717) is 18.0 Å². The fourth-order valence-corrected chi connectivity index (χ4v) is 2.02. The van der Waals surface area contributed by atoms with Gasteiger partial charge in [0.05, 0.1) is 17.3 Å². The Bertz CT molecular complexity index is 689. The van der Waals surface area contributed by atoms with E-state index in [4.69, 9.17) is 10.00 Å². The van der Waals surface area contributed by atoms with Crippen LogP contribution in [0, 0.1) is 11.3 Å². The van der Waals surface area contributed by atoms with Gasteiger partial charge in [0.2, 0.25) is 0 Å². The number of hydrogen-bond donors (Lipinski definition) is 1. The van der Waals surface area contributed by atoms with E-state index in [0.717, 1.165) is 23.4 Å². The first-order chi connectivity index (χ1) is 9.86. The molecule has 0 saturated carbocycles. The van der Waals surface area contributed by atoms with Gasteiger partial charge in [0, 0.05) is 30.1 Å². The van der Waals surface area contributed by atoms with Gasteiger partial charge < -0.3 is 10.1 Å². The van der Waals surface area contributed by atoms with Crippen molar-refractivity contribution in [2.75, 3.05) is 13.2 Å². The SMILES string of the molecule is N#Cc1cc(C2=COCCN2)cc(-c2ncccn2)c1. The van der Waals surface area contributed by atoms with E-state index in [1.54, 1.807) is 30.8 Å². The van der Waals surface area contributed by atoms with Crippen LogP contribution < -0.4 is 5.32 Å².